The number of aromatic amines is 1. The van der Waals surface area contributed by atoms with Gasteiger partial charge in [0.2, 0.25) is 0 Å². The summed E-state index contributed by atoms with van der Waals surface area (Å²) in [6.45, 7) is 5.21. The van der Waals surface area contributed by atoms with Crippen molar-refractivity contribution in [3.63, 3.8) is 0 Å². The molecule has 2 aromatic rings. The molecule has 0 amide bonds. The number of hydrogen-bond acceptors (Lipinski definition) is 3. The number of H-pyrrole nitrogens is 1. The molecule has 0 radical (unpaired) electrons. The number of benzene rings is 1. The largest absolute Gasteiger partial charge is 0.496 e. The Morgan fingerprint density at radius 3 is 2.84 bits per heavy atom. The fraction of sp³-hybridized carbons (Fsp3) is 0.400. The Morgan fingerprint density at radius 2 is 2.11 bits per heavy atom. The monoisotopic (exact) mass is 259 g/mol. The van der Waals surface area contributed by atoms with Crippen molar-refractivity contribution in [2.75, 3.05) is 13.7 Å². The van der Waals surface area contributed by atoms with Gasteiger partial charge in [0.1, 0.15) is 11.6 Å². The zero-order valence-electron chi connectivity index (χ0n) is 11.7. The first-order valence-corrected chi connectivity index (χ1v) is 6.61. The molecule has 0 spiro atoms. The van der Waals surface area contributed by atoms with E-state index in [0.717, 1.165) is 35.8 Å². The Bertz CT molecular complexity index is 520. The van der Waals surface area contributed by atoms with Crippen LogP contribution >= 0.6 is 0 Å². The predicted molar refractivity (Wildman–Crippen MR) is 77.4 cm³/mol. The molecular weight excluding hydrogens is 238 g/mol. The van der Waals surface area contributed by atoms with E-state index in [1.807, 2.05) is 30.5 Å². The highest BCUT2D eigenvalue weighted by Crippen LogP contribution is 2.27. The maximum atomic E-state index is 5.36. The van der Waals surface area contributed by atoms with Crippen molar-refractivity contribution in [2.24, 2.45) is 0 Å². The molecule has 102 valence electrons. The first-order valence-electron chi connectivity index (χ1n) is 6.61. The molecule has 4 nitrogen and oxygen atoms in total. The summed E-state index contributed by atoms with van der Waals surface area (Å²) in [5.41, 5.74) is 2.04. The lowest BCUT2D eigenvalue weighted by Gasteiger charge is -2.06. The van der Waals surface area contributed by atoms with E-state index in [4.69, 9.17) is 4.74 Å². The molecule has 1 aromatic heterocycles. The summed E-state index contributed by atoms with van der Waals surface area (Å²) < 4.78 is 5.36. The van der Waals surface area contributed by atoms with Gasteiger partial charge in [-0.1, -0.05) is 26.0 Å². The van der Waals surface area contributed by atoms with Crippen molar-refractivity contribution in [1.29, 1.82) is 0 Å². The first kappa shape index (κ1) is 13.6. The van der Waals surface area contributed by atoms with E-state index in [2.05, 4.69) is 29.1 Å². The molecule has 2 N–H and O–H groups in total. The summed E-state index contributed by atoms with van der Waals surface area (Å²) in [7, 11) is 1.68. The minimum Gasteiger partial charge on any atom is -0.496 e. The number of nitrogens with zero attached hydrogens (tertiary/aromatic N) is 1. The van der Waals surface area contributed by atoms with E-state index in [-0.39, 0.29) is 0 Å². The Kier molecular flexibility index (Phi) is 4.58. The first-order chi connectivity index (χ1) is 9.20. The lowest BCUT2D eigenvalue weighted by atomic mass is 10.1. The second-order valence-electron chi connectivity index (χ2n) is 4.80. The molecule has 0 aliphatic heterocycles. The topological polar surface area (TPSA) is 49.9 Å². The second-order valence-corrected chi connectivity index (χ2v) is 4.80. The van der Waals surface area contributed by atoms with Gasteiger partial charge in [0, 0.05) is 24.6 Å². The maximum absolute atomic E-state index is 5.36. The number of imidazole rings is 1. The van der Waals surface area contributed by atoms with E-state index in [0.29, 0.717) is 6.04 Å². The van der Waals surface area contributed by atoms with Gasteiger partial charge in [-0.15, -0.1) is 0 Å². The van der Waals surface area contributed by atoms with Crippen LogP contribution in [0.5, 0.6) is 5.75 Å². The van der Waals surface area contributed by atoms with Crippen LogP contribution in [0.3, 0.4) is 0 Å². The van der Waals surface area contributed by atoms with E-state index >= 15 is 0 Å². The van der Waals surface area contributed by atoms with Gasteiger partial charge in [-0.25, -0.2) is 4.98 Å². The molecule has 19 heavy (non-hydrogen) atoms. The molecule has 1 aromatic carbocycles. The third kappa shape index (κ3) is 3.58. The van der Waals surface area contributed by atoms with Crippen LogP contribution in [0.4, 0.5) is 0 Å². The Balaban J connectivity index is 2.08. The molecule has 2 rings (SSSR count). The highest BCUT2D eigenvalue weighted by atomic mass is 16.5. The minimum absolute atomic E-state index is 0.503. The van der Waals surface area contributed by atoms with E-state index in [1.54, 1.807) is 7.11 Å². The summed E-state index contributed by atoms with van der Waals surface area (Å²) in [4.78, 5) is 7.76. The molecule has 4 heteroatoms. The number of para-hydroxylation sites is 1. The maximum Gasteiger partial charge on any atom is 0.128 e. The third-order valence-electron chi connectivity index (χ3n) is 2.94. The predicted octanol–water partition coefficient (Wildman–Crippen LogP) is 2.63. The number of methoxy groups -OCH3 is 1. The smallest absolute Gasteiger partial charge is 0.128 e. The van der Waals surface area contributed by atoms with Crippen LogP contribution in [-0.2, 0) is 6.42 Å². The molecule has 0 aliphatic rings. The third-order valence-corrected chi connectivity index (χ3v) is 2.94. The summed E-state index contributed by atoms with van der Waals surface area (Å²) in [5, 5.41) is 3.38. The Labute approximate surface area is 114 Å². The van der Waals surface area contributed by atoms with Crippen molar-refractivity contribution < 1.29 is 4.74 Å². The average molecular weight is 259 g/mol. The number of nitrogens with one attached hydrogen (secondary N) is 2. The molecule has 0 aliphatic carbocycles. The quantitative estimate of drug-likeness (QED) is 0.838. The molecule has 0 atom stereocenters. The van der Waals surface area contributed by atoms with Crippen molar-refractivity contribution in [3.05, 3.63) is 36.3 Å². The lowest BCUT2D eigenvalue weighted by molar-refractivity contribution is 0.416. The van der Waals surface area contributed by atoms with E-state index in [9.17, 15) is 0 Å². The van der Waals surface area contributed by atoms with Gasteiger partial charge in [0.05, 0.1) is 19.0 Å². The number of aromatic nitrogens is 2. The van der Waals surface area contributed by atoms with Gasteiger partial charge < -0.3 is 15.0 Å². The standard InChI is InChI=1S/C15H21N3O/c1-11(2)16-9-8-15-17-10-13(18-15)12-6-4-5-7-14(12)19-3/h4-7,10-11,16H,8-9H2,1-3H3,(H,17,18). The lowest BCUT2D eigenvalue weighted by Crippen LogP contribution is -2.25. The summed E-state index contributed by atoms with van der Waals surface area (Å²) in [6, 6.07) is 8.45. The molecule has 1 heterocycles. The summed E-state index contributed by atoms with van der Waals surface area (Å²) in [5.74, 6) is 1.85. The fourth-order valence-corrected chi connectivity index (χ4v) is 1.97. The Hall–Kier alpha value is -1.81. The van der Waals surface area contributed by atoms with Crippen LogP contribution < -0.4 is 10.1 Å². The van der Waals surface area contributed by atoms with Crippen molar-refractivity contribution >= 4 is 0 Å². The van der Waals surface area contributed by atoms with Gasteiger partial charge in [0.25, 0.3) is 0 Å². The van der Waals surface area contributed by atoms with Crippen LogP contribution in [0, 0.1) is 0 Å². The van der Waals surface area contributed by atoms with Crippen LogP contribution in [0.25, 0.3) is 11.3 Å². The molecule has 0 unspecified atom stereocenters. The molecule has 0 saturated carbocycles. The highest BCUT2D eigenvalue weighted by molar-refractivity contribution is 5.66. The summed E-state index contributed by atoms with van der Waals surface area (Å²) >= 11 is 0. The van der Waals surface area contributed by atoms with Gasteiger partial charge in [-0.05, 0) is 12.1 Å². The van der Waals surface area contributed by atoms with Crippen LogP contribution in [-0.4, -0.2) is 29.7 Å². The van der Waals surface area contributed by atoms with Gasteiger partial charge in [0.15, 0.2) is 0 Å². The van der Waals surface area contributed by atoms with Gasteiger partial charge >= 0.3 is 0 Å². The van der Waals surface area contributed by atoms with E-state index < -0.39 is 0 Å². The molecule has 0 saturated heterocycles. The molecule has 0 bridgehead atoms. The van der Waals surface area contributed by atoms with Gasteiger partial charge in [-0.3, -0.25) is 0 Å². The number of rotatable bonds is 6. The average Bonchev–Trinajstić information content (AvgIpc) is 2.87. The number of hydrogen-bond donors (Lipinski definition) is 2. The Morgan fingerprint density at radius 1 is 1.32 bits per heavy atom. The van der Waals surface area contributed by atoms with E-state index in [1.165, 1.54) is 0 Å². The van der Waals surface area contributed by atoms with Crippen molar-refractivity contribution in [2.45, 2.75) is 26.3 Å². The second kappa shape index (κ2) is 6.38. The molecule has 0 fully saturated rings. The SMILES string of the molecule is COc1ccccc1-c1cnc(CCNC(C)C)[nH]1. The van der Waals surface area contributed by atoms with Gasteiger partial charge in [-0.2, -0.15) is 0 Å². The fourth-order valence-electron chi connectivity index (χ4n) is 1.97. The normalized spacial score (nSPS) is 10.9. The van der Waals surface area contributed by atoms with Crippen LogP contribution in [0.1, 0.15) is 19.7 Å². The zero-order valence-corrected chi connectivity index (χ0v) is 11.7. The minimum atomic E-state index is 0.503. The number of ether oxygens (including phenoxy) is 1. The van der Waals surface area contributed by atoms with Crippen LogP contribution in [0.15, 0.2) is 30.5 Å². The van der Waals surface area contributed by atoms with Crippen molar-refractivity contribution in [3.8, 4) is 17.0 Å². The van der Waals surface area contributed by atoms with Crippen LogP contribution in [0.2, 0.25) is 0 Å². The molecular formula is C15H21N3O. The zero-order chi connectivity index (χ0) is 13.7. The highest BCUT2D eigenvalue weighted by Gasteiger charge is 2.08. The van der Waals surface area contributed by atoms with Crippen molar-refractivity contribution in [1.82, 2.24) is 15.3 Å². The summed E-state index contributed by atoms with van der Waals surface area (Å²) in [6.07, 6.45) is 2.76.